The van der Waals surface area contributed by atoms with E-state index in [1.807, 2.05) is 12.1 Å². The van der Waals surface area contributed by atoms with Gasteiger partial charge in [0, 0.05) is 45.4 Å². The van der Waals surface area contributed by atoms with Gasteiger partial charge < -0.3 is 40.9 Å². The summed E-state index contributed by atoms with van der Waals surface area (Å²) >= 11 is 42.2. The van der Waals surface area contributed by atoms with Gasteiger partial charge in [0.25, 0.3) is 25.7 Å². The molecule has 3 atom stereocenters. The van der Waals surface area contributed by atoms with Crippen LogP contribution in [0, 0.1) is 13.0 Å². The van der Waals surface area contributed by atoms with Gasteiger partial charge >= 0.3 is 52.3 Å². The number of benzene rings is 5. The Bertz CT molecular complexity index is 2540. The van der Waals surface area contributed by atoms with Crippen molar-refractivity contribution in [3.8, 4) is 0 Å². The van der Waals surface area contributed by atoms with Gasteiger partial charge in [-0.15, -0.1) is 12.2 Å². The van der Waals surface area contributed by atoms with Crippen LogP contribution in [0.1, 0.15) is 242 Å². The Kier molecular flexibility index (Phi) is 81.4. The van der Waals surface area contributed by atoms with E-state index in [-0.39, 0.29) is 102 Å². The summed E-state index contributed by atoms with van der Waals surface area (Å²) in [7, 11) is -0.433. The second kappa shape index (κ2) is 71.5. The molecule has 0 aliphatic heterocycles. The second-order valence-corrected chi connectivity index (χ2v) is 40.8. The molecule has 0 N–H and O–H groups in total. The maximum atomic E-state index is 13.0. The molecule has 28 heteroatoms. The molecule has 0 fully saturated rings. The van der Waals surface area contributed by atoms with Crippen molar-refractivity contribution in [2.24, 2.45) is 0 Å². The molecular formula is C68H96Br2Cl6F11Mg2P5S2. The fourth-order valence-electron chi connectivity index (χ4n) is 8.59. The fraction of sp³-hybridized carbons (Fsp3) is 0.544. The molecular weight excluding hydrogens is 1670 g/mol. The summed E-state index contributed by atoms with van der Waals surface area (Å²) in [4.78, 5) is 0. The first-order valence-electron chi connectivity index (χ1n) is 31.5. The van der Waals surface area contributed by atoms with Crippen molar-refractivity contribution in [2.45, 2.75) is 220 Å². The molecule has 5 aromatic rings. The molecule has 0 aliphatic rings. The predicted octanol–water partition coefficient (Wildman–Crippen LogP) is 23.8. The van der Waals surface area contributed by atoms with Crippen molar-refractivity contribution < 1.29 is 82.3 Å². The number of alkyl halides is 11. The minimum Gasteiger partial charge on any atom is -1.00 e. The van der Waals surface area contributed by atoms with Crippen LogP contribution < -0.4 is 55.2 Å². The molecule has 96 heavy (non-hydrogen) atoms. The normalized spacial score (nSPS) is 11.7. The topological polar surface area (TPSA) is 0 Å². The quantitative estimate of drug-likeness (QED) is 0.0105. The Morgan fingerprint density at radius 3 is 1.23 bits per heavy atom. The molecule has 0 radical (unpaired) electrons. The standard InChI is InChI=1S/C15H22ClF2P.C15H23F2PS2.C15H23F2P.C9H19.C7H5Cl2F2P.C7H4F3.2BrH.Cl3P.2Mg/c1-2-3-4-5-6-9-12-19(16)14-11-8-7-10-13(14)15(17)18;1-2-3-4-5-6-9-12-18(19,20)14-11-8-7-10-13(14)15(16)17;1-2-3-4-5-6-9-12-18-14-11-8-7-10-13(14)15(16)17;1-3-5-7-9-8-6-4-2;8-12(9)6-4-2-1-3-5(6)7(10)11;8-7(9,10)6-4-2-1-3-5-6;;;1-4(2)3;;/h7-8,10-11,15H,2-6,9,12H2,1H3;7-8,10-11,15H,2-6,9,12H2,1H3,(H,19,20);7-8,10-11,15,18H,2-6,9,12H2,1H3;1,3-9H2,2H3;1-4,7H;1-4H;2*1H;;;/q;;;-1;;-1;;;;2*+2/p-2/t19-;;;;;;;;;;/m1........../s1. The van der Waals surface area contributed by atoms with Crippen LogP contribution >= 0.6 is 113 Å². The van der Waals surface area contributed by atoms with Gasteiger partial charge in [-0.3, -0.25) is 0 Å². The van der Waals surface area contributed by atoms with Crippen LogP contribution in [0.15, 0.2) is 121 Å². The zero-order chi connectivity index (χ0) is 69.6. The second-order valence-electron chi connectivity index (χ2n) is 21.0. The van der Waals surface area contributed by atoms with Crippen LogP contribution in [0.3, 0.4) is 0 Å². The third-order valence-electron chi connectivity index (χ3n) is 13.5. The summed E-state index contributed by atoms with van der Waals surface area (Å²) in [5, 5.41) is 0.297. The molecule has 0 heterocycles. The summed E-state index contributed by atoms with van der Waals surface area (Å²) in [6.07, 6.45) is 20.0. The third-order valence-corrected chi connectivity index (χ3v) is 24.0. The Balaban J connectivity index is -0.000000253. The van der Waals surface area contributed by atoms with E-state index in [2.05, 4.69) is 52.9 Å². The third kappa shape index (κ3) is 58.5. The molecule has 0 bridgehead atoms. The maximum Gasteiger partial charge on any atom is 2.00 e. The van der Waals surface area contributed by atoms with Gasteiger partial charge in [-0.1, -0.05) is 353 Å². The van der Waals surface area contributed by atoms with Gasteiger partial charge in [0.1, 0.15) is 6.63 Å². The van der Waals surface area contributed by atoms with E-state index >= 15 is 0 Å². The van der Waals surface area contributed by atoms with Crippen molar-refractivity contribution in [1.82, 2.24) is 0 Å². The molecule has 0 saturated carbocycles. The van der Waals surface area contributed by atoms with E-state index in [1.54, 1.807) is 54.6 Å². The molecule has 0 aliphatic carbocycles. The monoisotopic (exact) mass is 1760 g/mol. The largest absolute Gasteiger partial charge is 2.00 e. The van der Waals surface area contributed by atoms with Crippen LogP contribution in [0.4, 0.5) is 48.3 Å². The number of thiol groups is 1. The van der Waals surface area contributed by atoms with Gasteiger partial charge in [0.15, 0.2) is 5.98 Å². The van der Waals surface area contributed by atoms with Crippen molar-refractivity contribution in [3.05, 3.63) is 162 Å². The summed E-state index contributed by atoms with van der Waals surface area (Å²) in [5.41, 5.74) is -0.406. The molecule has 0 aromatic heterocycles. The minimum atomic E-state index is -4.26. The predicted molar refractivity (Wildman–Crippen MR) is 411 cm³/mol. The SMILES string of the molecule is CCCCCCCCP(=S)(S)c1ccccc1C(F)F.CCCCCCCCPc1ccccc1C(F)F.CCCCCCCC[P@@](Cl)c1ccccc1C(F)F.ClP(Cl)Cl.FC(F)(F)c1[c-]cccc1.FC(F)c1ccccc1P(Cl)Cl.[Br-].[Br-].[CH2-]CCCCCCCC.[Mg+2].[Mg+2]. The molecule has 0 amide bonds. The van der Waals surface area contributed by atoms with Crippen LogP contribution in [-0.2, 0) is 18.0 Å². The van der Waals surface area contributed by atoms with Crippen molar-refractivity contribution >= 4 is 193 Å². The fourth-order valence-corrected chi connectivity index (χ4v) is 17.3. The Morgan fingerprint density at radius 2 is 0.833 bits per heavy atom. The van der Waals surface area contributed by atoms with E-state index in [1.165, 1.54) is 177 Å². The van der Waals surface area contributed by atoms with E-state index in [9.17, 15) is 48.3 Å². The van der Waals surface area contributed by atoms with E-state index in [4.69, 9.17) is 79.3 Å². The van der Waals surface area contributed by atoms with Crippen LogP contribution in [-0.4, -0.2) is 64.6 Å². The van der Waals surface area contributed by atoms with Gasteiger partial charge in [-0.05, 0) is 48.4 Å². The van der Waals surface area contributed by atoms with E-state index in [0.717, 1.165) is 62.0 Å². The molecule has 5 aromatic carbocycles. The van der Waals surface area contributed by atoms with Gasteiger partial charge in [0.05, 0.1) is 0 Å². The van der Waals surface area contributed by atoms with Crippen molar-refractivity contribution in [2.75, 3.05) is 18.5 Å². The van der Waals surface area contributed by atoms with Gasteiger partial charge in [-0.2, -0.15) is 49.9 Å². The number of rotatable bonds is 35. The summed E-state index contributed by atoms with van der Waals surface area (Å²) < 4.78 is 137. The zero-order valence-electron chi connectivity index (χ0n) is 55.6. The Hall–Kier alpha value is 2.28. The first-order valence-corrected chi connectivity index (χ1v) is 46.5. The molecule has 2 unspecified atom stereocenters. The number of halogens is 19. The van der Waals surface area contributed by atoms with Crippen LogP contribution in [0.2, 0.25) is 0 Å². The van der Waals surface area contributed by atoms with E-state index in [0.29, 0.717) is 24.5 Å². The van der Waals surface area contributed by atoms with Crippen molar-refractivity contribution in [1.29, 1.82) is 0 Å². The molecule has 542 valence electrons. The average molecular weight is 1760 g/mol. The Morgan fingerprint density at radius 1 is 0.479 bits per heavy atom. The summed E-state index contributed by atoms with van der Waals surface area (Å²) in [6, 6.07) is 33.4. The summed E-state index contributed by atoms with van der Waals surface area (Å²) in [5.74, 6) is -1.20. The molecule has 0 saturated heterocycles. The van der Waals surface area contributed by atoms with Gasteiger partial charge in [0.2, 0.25) is 0 Å². The smallest absolute Gasteiger partial charge is 1.00 e. The minimum absolute atomic E-state index is 0. The first kappa shape index (κ1) is 109. The maximum absolute atomic E-state index is 13.0. The number of hydrogen-bond donors (Lipinski definition) is 1. The Labute approximate surface area is 668 Å². The van der Waals surface area contributed by atoms with Crippen LogP contribution in [0.25, 0.3) is 0 Å². The first-order chi connectivity index (χ1) is 43.8. The number of hydrogen-bond acceptors (Lipinski definition) is 1. The summed E-state index contributed by atoms with van der Waals surface area (Å²) in [6.45, 7) is 11.2. The van der Waals surface area contributed by atoms with Crippen LogP contribution in [0.5, 0.6) is 0 Å². The molecule has 0 nitrogen and oxygen atoms in total. The number of unbranched alkanes of at least 4 members (excludes halogenated alkanes) is 21. The van der Waals surface area contributed by atoms with Crippen molar-refractivity contribution in [3.63, 3.8) is 0 Å². The molecule has 0 spiro atoms. The molecule has 5 rings (SSSR count). The van der Waals surface area contributed by atoms with E-state index < -0.39 is 62.6 Å². The average Bonchev–Trinajstić information content (AvgIpc) is 0.853. The zero-order valence-corrected chi connectivity index (χ0v) is 72.4. The van der Waals surface area contributed by atoms with Gasteiger partial charge in [-0.25, -0.2) is 35.1 Å².